The third-order valence-corrected chi connectivity index (χ3v) is 5.35. The Morgan fingerprint density at radius 3 is 2.37 bits per heavy atom. The number of benzene rings is 2. The van der Waals surface area contributed by atoms with Crippen molar-refractivity contribution >= 4 is 22.6 Å². The molecular weight excluding hydrogens is 382 g/mol. The maximum Gasteiger partial charge on any atom is 0.360 e. The minimum Gasteiger partial charge on any atom is -0.448 e. The highest BCUT2D eigenvalue weighted by Gasteiger charge is 2.26. The lowest BCUT2D eigenvalue weighted by atomic mass is 10.1. The summed E-state index contributed by atoms with van der Waals surface area (Å²) < 4.78 is 6.60. The standard InChI is InChI=1S/C23H23N3O4/c1-15(21(27)24-16-9-5-6-10-16)30-23(29)20-18-13-7-8-14-19(18)22(28)26(25-20)17-11-3-2-4-12-17/h2-4,7-8,11-16H,5-6,9-10H2,1H3,(H,24,27)/t15-/m1/s1. The summed E-state index contributed by atoms with van der Waals surface area (Å²) in [4.78, 5) is 38.2. The van der Waals surface area contributed by atoms with Crippen molar-refractivity contribution in [2.45, 2.75) is 44.8 Å². The van der Waals surface area contributed by atoms with Crippen LogP contribution >= 0.6 is 0 Å². The van der Waals surface area contributed by atoms with Crippen LogP contribution in [0.3, 0.4) is 0 Å². The molecule has 1 amide bonds. The Hall–Kier alpha value is -3.48. The van der Waals surface area contributed by atoms with Crippen LogP contribution in [0.5, 0.6) is 0 Å². The molecule has 0 aliphatic heterocycles. The number of hydrogen-bond acceptors (Lipinski definition) is 5. The quantitative estimate of drug-likeness (QED) is 0.659. The number of esters is 1. The summed E-state index contributed by atoms with van der Waals surface area (Å²) in [5.41, 5.74) is 0.198. The number of para-hydroxylation sites is 1. The smallest absolute Gasteiger partial charge is 0.360 e. The van der Waals surface area contributed by atoms with Crippen LogP contribution in [0.1, 0.15) is 43.1 Å². The highest BCUT2D eigenvalue weighted by molar-refractivity contribution is 6.03. The van der Waals surface area contributed by atoms with Crippen molar-refractivity contribution in [2.24, 2.45) is 0 Å². The first-order valence-electron chi connectivity index (χ1n) is 10.1. The number of ether oxygens (including phenoxy) is 1. The van der Waals surface area contributed by atoms with Gasteiger partial charge < -0.3 is 10.1 Å². The van der Waals surface area contributed by atoms with Crippen molar-refractivity contribution in [3.05, 3.63) is 70.6 Å². The number of fused-ring (bicyclic) bond motifs is 1. The van der Waals surface area contributed by atoms with Crippen LogP contribution in [0.2, 0.25) is 0 Å². The number of nitrogens with zero attached hydrogens (tertiary/aromatic N) is 2. The van der Waals surface area contributed by atoms with Crippen molar-refractivity contribution in [2.75, 3.05) is 0 Å². The van der Waals surface area contributed by atoms with E-state index in [1.807, 2.05) is 6.07 Å². The number of carbonyl (C=O) groups is 2. The summed E-state index contributed by atoms with van der Waals surface area (Å²) >= 11 is 0. The Bertz CT molecular complexity index is 1130. The molecule has 0 saturated heterocycles. The summed E-state index contributed by atoms with van der Waals surface area (Å²) in [6, 6.07) is 15.7. The van der Waals surface area contributed by atoms with E-state index in [4.69, 9.17) is 4.74 Å². The van der Waals surface area contributed by atoms with Crippen LogP contribution in [-0.4, -0.2) is 33.8 Å². The van der Waals surface area contributed by atoms with Gasteiger partial charge in [-0.25, -0.2) is 4.79 Å². The van der Waals surface area contributed by atoms with E-state index >= 15 is 0 Å². The summed E-state index contributed by atoms with van der Waals surface area (Å²) in [7, 11) is 0. The average Bonchev–Trinajstić information content (AvgIpc) is 3.27. The van der Waals surface area contributed by atoms with Gasteiger partial charge in [0.1, 0.15) is 0 Å². The number of aromatic nitrogens is 2. The molecule has 0 spiro atoms. The Morgan fingerprint density at radius 2 is 1.67 bits per heavy atom. The molecule has 2 aromatic carbocycles. The lowest BCUT2D eigenvalue weighted by Gasteiger charge is -2.17. The zero-order chi connectivity index (χ0) is 21.1. The van der Waals surface area contributed by atoms with Gasteiger partial charge in [0.05, 0.1) is 11.1 Å². The largest absolute Gasteiger partial charge is 0.448 e. The molecule has 1 saturated carbocycles. The van der Waals surface area contributed by atoms with Crippen molar-refractivity contribution < 1.29 is 14.3 Å². The molecular formula is C23H23N3O4. The topological polar surface area (TPSA) is 90.3 Å². The average molecular weight is 405 g/mol. The highest BCUT2D eigenvalue weighted by atomic mass is 16.5. The molecule has 1 aliphatic rings. The van der Waals surface area contributed by atoms with Crippen molar-refractivity contribution in [3.8, 4) is 5.69 Å². The predicted octanol–water partition coefficient (Wildman–Crippen LogP) is 2.99. The molecule has 1 fully saturated rings. The van der Waals surface area contributed by atoms with Crippen LogP contribution in [0.4, 0.5) is 0 Å². The van der Waals surface area contributed by atoms with Crippen molar-refractivity contribution in [1.29, 1.82) is 0 Å². The molecule has 1 N–H and O–H groups in total. The minimum absolute atomic E-state index is 0.00503. The Labute approximate surface area is 173 Å². The molecule has 154 valence electrons. The van der Waals surface area contributed by atoms with Crippen LogP contribution in [0.25, 0.3) is 16.5 Å². The van der Waals surface area contributed by atoms with Gasteiger partial charge in [0.25, 0.3) is 11.5 Å². The lowest BCUT2D eigenvalue weighted by molar-refractivity contribution is -0.129. The SMILES string of the molecule is C[C@@H](OC(=O)c1nn(-c2ccccc2)c(=O)c2ccccc12)C(=O)NC1CCCC1. The van der Waals surface area contributed by atoms with Gasteiger partial charge in [-0.15, -0.1) is 0 Å². The molecule has 0 unspecified atom stereocenters. The second kappa shape index (κ2) is 8.49. The Balaban J connectivity index is 1.65. The van der Waals surface area contributed by atoms with Crippen molar-refractivity contribution in [1.82, 2.24) is 15.1 Å². The number of hydrogen-bond donors (Lipinski definition) is 1. The van der Waals surface area contributed by atoms with Crippen molar-refractivity contribution in [3.63, 3.8) is 0 Å². The summed E-state index contributed by atoms with van der Waals surface area (Å²) in [5, 5.41) is 7.96. The van der Waals surface area contributed by atoms with E-state index in [0.717, 1.165) is 25.7 Å². The Kier molecular flexibility index (Phi) is 5.61. The summed E-state index contributed by atoms with van der Waals surface area (Å²) in [6.45, 7) is 1.54. The second-order valence-corrected chi connectivity index (χ2v) is 7.48. The van der Waals surface area contributed by atoms with Crippen LogP contribution in [-0.2, 0) is 9.53 Å². The Morgan fingerprint density at radius 1 is 1.03 bits per heavy atom. The predicted molar refractivity (Wildman–Crippen MR) is 113 cm³/mol. The fourth-order valence-electron chi connectivity index (χ4n) is 3.74. The minimum atomic E-state index is -0.962. The van der Waals surface area contributed by atoms with E-state index in [1.165, 1.54) is 11.6 Å². The third-order valence-electron chi connectivity index (χ3n) is 5.35. The fraction of sp³-hybridized carbons (Fsp3) is 0.304. The van der Waals surface area contributed by atoms with E-state index in [9.17, 15) is 14.4 Å². The molecule has 1 aliphatic carbocycles. The van der Waals surface area contributed by atoms with Crippen LogP contribution < -0.4 is 10.9 Å². The maximum atomic E-state index is 12.9. The zero-order valence-corrected chi connectivity index (χ0v) is 16.7. The van der Waals surface area contributed by atoms with Gasteiger partial charge in [-0.05, 0) is 38.0 Å². The first kappa shape index (κ1) is 19.8. The highest BCUT2D eigenvalue weighted by Crippen LogP contribution is 2.19. The number of nitrogens with one attached hydrogen (secondary N) is 1. The van der Waals surface area contributed by atoms with Gasteiger partial charge in [-0.2, -0.15) is 9.78 Å². The zero-order valence-electron chi connectivity index (χ0n) is 16.7. The van der Waals surface area contributed by atoms with Gasteiger partial charge in [-0.1, -0.05) is 49.2 Å². The lowest BCUT2D eigenvalue weighted by Crippen LogP contribution is -2.41. The second-order valence-electron chi connectivity index (χ2n) is 7.48. The summed E-state index contributed by atoms with van der Waals surface area (Å²) in [6.07, 6.45) is 3.11. The van der Waals surface area contributed by atoms with E-state index < -0.39 is 12.1 Å². The van der Waals surface area contributed by atoms with E-state index in [2.05, 4.69) is 10.4 Å². The number of amides is 1. The molecule has 4 rings (SSSR count). The van der Waals surface area contributed by atoms with E-state index in [-0.39, 0.29) is 23.2 Å². The third kappa shape index (κ3) is 3.96. The first-order valence-corrected chi connectivity index (χ1v) is 10.1. The molecule has 30 heavy (non-hydrogen) atoms. The normalized spacial score (nSPS) is 15.1. The van der Waals surface area contributed by atoms with Crippen LogP contribution in [0, 0.1) is 0 Å². The van der Waals surface area contributed by atoms with E-state index in [1.54, 1.807) is 48.5 Å². The number of carbonyl (C=O) groups excluding carboxylic acids is 2. The van der Waals surface area contributed by atoms with Gasteiger partial charge >= 0.3 is 5.97 Å². The molecule has 7 heteroatoms. The molecule has 1 heterocycles. The fourth-order valence-corrected chi connectivity index (χ4v) is 3.74. The molecule has 1 atom stereocenters. The maximum absolute atomic E-state index is 12.9. The van der Waals surface area contributed by atoms with Gasteiger partial charge in [0.15, 0.2) is 11.8 Å². The first-order chi connectivity index (χ1) is 14.5. The summed E-state index contributed by atoms with van der Waals surface area (Å²) in [5.74, 6) is -1.07. The van der Waals surface area contributed by atoms with Gasteiger partial charge in [0.2, 0.25) is 0 Å². The van der Waals surface area contributed by atoms with Gasteiger partial charge in [0, 0.05) is 11.4 Å². The van der Waals surface area contributed by atoms with Crippen LogP contribution in [0.15, 0.2) is 59.4 Å². The molecule has 0 radical (unpaired) electrons. The van der Waals surface area contributed by atoms with E-state index in [0.29, 0.717) is 16.5 Å². The number of rotatable bonds is 5. The monoisotopic (exact) mass is 405 g/mol. The molecule has 1 aromatic heterocycles. The molecule has 0 bridgehead atoms. The van der Waals surface area contributed by atoms with Gasteiger partial charge in [-0.3, -0.25) is 9.59 Å². The molecule has 3 aromatic rings. The molecule has 7 nitrogen and oxygen atoms in total.